The van der Waals surface area contributed by atoms with E-state index in [4.69, 9.17) is 28.6 Å². The Balaban J connectivity index is 1.62. The van der Waals surface area contributed by atoms with Crippen LogP contribution >= 0.6 is 23.8 Å². The first-order valence-corrected chi connectivity index (χ1v) is 11.7. The number of nitrogens with one attached hydrogen (secondary N) is 2. The van der Waals surface area contributed by atoms with Gasteiger partial charge in [0.1, 0.15) is 23.7 Å². The molecule has 178 valence electrons. The number of likely N-dealkylation sites (N-methyl/N-ethyl adjacent to an activating group) is 1. The summed E-state index contributed by atoms with van der Waals surface area (Å²) in [6.45, 7) is 6.78. The summed E-state index contributed by atoms with van der Waals surface area (Å²) in [5, 5.41) is 7.40. The number of benzene rings is 2. The van der Waals surface area contributed by atoms with Crippen LogP contribution in [0.25, 0.3) is 10.9 Å². The van der Waals surface area contributed by atoms with Crippen molar-refractivity contribution in [3.05, 3.63) is 47.5 Å². The van der Waals surface area contributed by atoms with Crippen LogP contribution in [0, 0.1) is 5.82 Å². The highest BCUT2D eigenvalue weighted by Gasteiger charge is 2.25. The summed E-state index contributed by atoms with van der Waals surface area (Å²) >= 11 is 11.4. The smallest absolute Gasteiger partial charge is 0.244 e. The maximum atomic E-state index is 13.5. The van der Waals surface area contributed by atoms with Crippen LogP contribution in [-0.2, 0) is 4.79 Å². The summed E-state index contributed by atoms with van der Waals surface area (Å²) in [5.41, 5.74) is 1.67. The maximum Gasteiger partial charge on any atom is 0.244 e. The number of rotatable bonds is 8. The summed E-state index contributed by atoms with van der Waals surface area (Å²) in [6, 6.07) is 7.81. The average molecular weight is 503 g/mol. The zero-order chi connectivity index (χ0) is 24.2. The summed E-state index contributed by atoms with van der Waals surface area (Å²) < 4.78 is 19.3. The molecule has 2 aromatic carbocycles. The number of nitrogens with zero attached hydrogens (tertiary/aromatic N) is 4. The van der Waals surface area contributed by atoms with Crippen molar-refractivity contribution in [2.24, 2.45) is 0 Å². The largest absolute Gasteiger partial charge is 0.492 e. The molecule has 3 aromatic rings. The van der Waals surface area contributed by atoms with Crippen LogP contribution in [0.1, 0.15) is 13.8 Å². The Kier molecular flexibility index (Phi) is 7.28. The van der Waals surface area contributed by atoms with E-state index >= 15 is 0 Å². The molecule has 2 heterocycles. The third-order valence-electron chi connectivity index (χ3n) is 5.39. The van der Waals surface area contributed by atoms with E-state index in [2.05, 4.69) is 25.5 Å². The fraction of sp³-hybridized carbons (Fsp3) is 0.304. The van der Waals surface area contributed by atoms with E-state index in [9.17, 15) is 9.18 Å². The molecule has 34 heavy (non-hydrogen) atoms. The molecule has 4 rings (SSSR count). The van der Waals surface area contributed by atoms with Gasteiger partial charge in [-0.1, -0.05) is 11.6 Å². The lowest BCUT2D eigenvalue weighted by molar-refractivity contribution is -0.116. The van der Waals surface area contributed by atoms with Gasteiger partial charge in [0.05, 0.1) is 29.4 Å². The van der Waals surface area contributed by atoms with Crippen LogP contribution in [0.4, 0.5) is 21.6 Å². The highest BCUT2D eigenvalue weighted by atomic mass is 35.5. The Morgan fingerprint density at radius 1 is 1.21 bits per heavy atom. The summed E-state index contributed by atoms with van der Waals surface area (Å²) in [7, 11) is 0. The van der Waals surface area contributed by atoms with E-state index in [1.165, 1.54) is 18.5 Å². The van der Waals surface area contributed by atoms with Gasteiger partial charge in [-0.25, -0.2) is 14.4 Å². The monoisotopic (exact) mass is 502 g/mol. The van der Waals surface area contributed by atoms with Gasteiger partial charge in [-0.3, -0.25) is 4.79 Å². The van der Waals surface area contributed by atoms with E-state index in [0.717, 1.165) is 13.1 Å². The molecule has 1 aliphatic rings. The van der Waals surface area contributed by atoms with Crippen molar-refractivity contribution in [2.75, 3.05) is 43.4 Å². The summed E-state index contributed by atoms with van der Waals surface area (Å²) in [4.78, 5) is 25.4. The molecule has 1 amide bonds. The van der Waals surface area contributed by atoms with E-state index in [-0.39, 0.29) is 17.5 Å². The molecule has 0 spiro atoms. The number of fused-ring (bicyclic) bond motifs is 1. The molecule has 1 fully saturated rings. The fourth-order valence-electron chi connectivity index (χ4n) is 3.70. The molecule has 8 nitrogen and oxygen atoms in total. The van der Waals surface area contributed by atoms with Gasteiger partial charge >= 0.3 is 0 Å². The highest BCUT2D eigenvalue weighted by Crippen LogP contribution is 2.34. The van der Waals surface area contributed by atoms with Crippen molar-refractivity contribution in [2.45, 2.75) is 13.8 Å². The third kappa shape index (κ3) is 5.13. The van der Waals surface area contributed by atoms with Gasteiger partial charge in [0.2, 0.25) is 5.91 Å². The van der Waals surface area contributed by atoms with Crippen LogP contribution in [-0.4, -0.2) is 63.6 Å². The lowest BCUT2D eigenvalue weighted by atomic mass is 10.1. The topological polar surface area (TPSA) is 82.6 Å². The first-order valence-electron chi connectivity index (χ1n) is 10.9. The Hall–Kier alpha value is -3.24. The van der Waals surface area contributed by atoms with Crippen molar-refractivity contribution in [1.29, 1.82) is 0 Å². The predicted molar refractivity (Wildman–Crippen MR) is 135 cm³/mol. The van der Waals surface area contributed by atoms with Gasteiger partial charge in [-0.05, 0) is 50.3 Å². The minimum atomic E-state index is -0.509. The molecular weight excluding hydrogens is 479 g/mol. The number of anilines is 3. The fourth-order valence-corrected chi connectivity index (χ4v) is 4.26. The Morgan fingerprint density at radius 3 is 2.71 bits per heavy atom. The first-order chi connectivity index (χ1) is 16.4. The number of aromatic nitrogens is 2. The van der Waals surface area contributed by atoms with Crippen LogP contribution in [0.15, 0.2) is 36.7 Å². The molecule has 0 saturated carbocycles. The van der Waals surface area contributed by atoms with Gasteiger partial charge in [0.15, 0.2) is 5.11 Å². The quantitative estimate of drug-likeness (QED) is 0.438. The minimum absolute atomic E-state index is 0.00332. The molecule has 1 aromatic heterocycles. The Morgan fingerprint density at radius 2 is 2.00 bits per heavy atom. The Labute approximate surface area is 207 Å². The van der Waals surface area contributed by atoms with Crippen molar-refractivity contribution >= 4 is 62.9 Å². The van der Waals surface area contributed by atoms with Crippen LogP contribution in [0.3, 0.4) is 0 Å². The number of hydrogen-bond donors (Lipinski definition) is 2. The normalized spacial score (nSPS) is 13.5. The minimum Gasteiger partial charge on any atom is -0.492 e. The summed E-state index contributed by atoms with van der Waals surface area (Å²) in [6.07, 6.45) is 1.41. The highest BCUT2D eigenvalue weighted by molar-refractivity contribution is 7.80. The van der Waals surface area contributed by atoms with Crippen molar-refractivity contribution in [3.63, 3.8) is 0 Å². The maximum absolute atomic E-state index is 13.5. The van der Waals surface area contributed by atoms with Crippen molar-refractivity contribution < 1.29 is 13.9 Å². The van der Waals surface area contributed by atoms with Crippen LogP contribution < -0.4 is 15.4 Å². The number of amides is 1. The van der Waals surface area contributed by atoms with Crippen molar-refractivity contribution in [3.8, 4) is 5.75 Å². The lowest BCUT2D eigenvalue weighted by Crippen LogP contribution is -2.37. The van der Waals surface area contributed by atoms with E-state index in [1.807, 2.05) is 18.7 Å². The van der Waals surface area contributed by atoms with Gasteiger partial charge in [-0.15, -0.1) is 0 Å². The van der Waals surface area contributed by atoms with E-state index in [1.54, 1.807) is 18.2 Å². The number of hydrogen-bond acceptors (Lipinski definition) is 6. The first kappa shape index (κ1) is 23.9. The zero-order valence-electron chi connectivity index (χ0n) is 18.8. The lowest BCUT2D eigenvalue weighted by Gasteiger charge is -2.21. The molecule has 1 aliphatic heterocycles. The average Bonchev–Trinajstić information content (AvgIpc) is 3.16. The molecule has 0 atom stereocenters. The molecule has 0 bridgehead atoms. The number of halogens is 2. The van der Waals surface area contributed by atoms with E-state index in [0.29, 0.717) is 52.1 Å². The SMILES string of the molecule is CCOc1cc2ncnc(Nc3ccc(F)c(Cl)c3)c2cc1NC(=O)CN1CCN(CC)C1=S. The van der Waals surface area contributed by atoms with Gasteiger partial charge in [0, 0.05) is 36.8 Å². The van der Waals surface area contributed by atoms with Crippen LogP contribution in [0.2, 0.25) is 5.02 Å². The third-order valence-corrected chi connectivity index (χ3v) is 6.20. The number of thiocarbonyl (C=S) groups is 1. The molecule has 1 saturated heterocycles. The predicted octanol–water partition coefficient (Wildman–Crippen LogP) is 4.43. The Bertz CT molecular complexity index is 1240. The second kappa shape index (κ2) is 10.4. The second-order valence-electron chi connectivity index (χ2n) is 7.61. The van der Waals surface area contributed by atoms with E-state index < -0.39 is 5.82 Å². The van der Waals surface area contributed by atoms with Crippen molar-refractivity contribution in [1.82, 2.24) is 19.8 Å². The standard InChI is InChI=1S/C23H24ClFN6O2S/c1-3-30-7-8-31(23(30)34)12-21(32)29-19-10-15-18(11-20(19)33-4-2)26-13-27-22(15)28-14-5-6-17(25)16(24)9-14/h5-6,9-11,13H,3-4,7-8,12H2,1-2H3,(H,29,32)(H,26,27,28). The van der Waals surface area contributed by atoms with Gasteiger partial charge < -0.3 is 25.2 Å². The summed E-state index contributed by atoms with van der Waals surface area (Å²) in [5.74, 6) is 0.255. The number of carbonyl (C=O) groups excluding carboxylic acids is 1. The van der Waals surface area contributed by atoms with Gasteiger partial charge in [-0.2, -0.15) is 0 Å². The molecule has 0 aliphatic carbocycles. The van der Waals surface area contributed by atoms with Crippen LogP contribution in [0.5, 0.6) is 5.75 Å². The van der Waals surface area contributed by atoms with Gasteiger partial charge in [0.25, 0.3) is 0 Å². The molecule has 0 radical (unpaired) electrons. The number of carbonyl (C=O) groups is 1. The molecule has 2 N–H and O–H groups in total. The number of ether oxygens (including phenoxy) is 1. The molecule has 0 unspecified atom stereocenters. The second-order valence-corrected chi connectivity index (χ2v) is 8.38. The zero-order valence-corrected chi connectivity index (χ0v) is 20.3. The molecular formula is C23H24ClFN6O2S. The molecule has 11 heteroatoms.